The molecule has 0 spiro atoms. The molecule has 0 saturated carbocycles. The van der Waals surface area contributed by atoms with Crippen molar-refractivity contribution in [3.05, 3.63) is 22.2 Å². The van der Waals surface area contributed by atoms with Crippen LogP contribution in [0.4, 0.5) is 0 Å². The van der Waals surface area contributed by atoms with Gasteiger partial charge in [0.1, 0.15) is 16.0 Å². The number of methoxy groups -OCH3 is 2. The third-order valence-corrected chi connectivity index (χ3v) is 4.49. The minimum absolute atomic E-state index is 0.247. The number of rotatable bonds is 6. The molecule has 1 aromatic rings. The first kappa shape index (κ1) is 16.3. The highest BCUT2D eigenvalue weighted by atomic mass is 79.9. The van der Waals surface area contributed by atoms with Gasteiger partial charge in [0.2, 0.25) is 0 Å². The zero-order valence-corrected chi connectivity index (χ0v) is 14.2. The fourth-order valence-electron chi connectivity index (χ4n) is 2.25. The second-order valence-electron chi connectivity index (χ2n) is 5.07. The predicted molar refractivity (Wildman–Crippen MR) is 83.0 cm³/mol. The second kappa shape index (κ2) is 7.15. The number of nitrogens with one attached hydrogen (secondary N) is 1. The molecule has 2 atom stereocenters. The van der Waals surface area contributed by atoms with E-state index in [1.165, 1.54) is 0 Å². The molecule has 0 radical (unpaired) electrons. The van der Waals surface area contributed by atoms with Crippen molar-refractivity contribution in [1.29, 1.82) is 0 Å². The summed E-state index contributed by atoms with van der Waals surface area (Å²) in [6, 6.07) is 4.29. The molecule has 1 rings (SSSR count). The molecule has 0 fully saturated rings. The molecular weight excluding hydrogens is 306 g/mol. The molecule has 4 heteroatoms. The van der Waals surface area contributed by atoms with Crippen LogP contribution in [0.5, 0.6) is 11.5 Å². The van der Waals surface area contributed by atoms with E-state index >= 15 is 0 Å². The van der Waals surface area contributed by atoms with Crippen LogP contribution in [-0.4, -0.2) is 21.3 Å². The van der Waals surface area contributed by atoms with Crippen molar-refractivity contribution in [1.82, 2.24) is 5.32 Å². The summed E-state index contributed by atoms with van der Waals surface area (Å²) >= 11 is 3.56. The minimum atomic E-state index is 0.247. The Morgan fingerprint density at radius 3 is 2.16 bits per heavy atom. The molecule has 2 unspecified atom stereocenters. The lowest BCUT2D eigenvalue weighted by Crippen LogP contribution is -2.27. The van der Waals surface area contributed by atoms with Gasteiger partial charge in [-0.3, -0.25) is 0 Å². The van der Waals surface area contributed by atoms with Gasteiger partial charge in [0.15, 0.2) is 0 Å². The van der Waals surface area contributed by atoms with Crippen LogP contribution in [0.2, 0.25) is 0 Å². The average Bonchev–Trinajstić information content (AvgIpc) is 2.39. The summed E-state index contributed by atoms with van der Waals surface area (Å²) in [6.07, 6.45) is 0. The number of halogens is 1. The van der Waals surface area contributed by atoms with Gasteiger partial charge in [-0.15, -0.1) is 0 Å². The van der Waals surface area contributed by atoms with E-state index in [0.29, 0.717) is 11.8 Å². The van der Waals surface area contributed by atoms with Crippen LogP contribution in [0.3, 0.4) is 0 Å². The molecule has 3 nitrogen and oxygen atoms in total. The summed E-state index contributed by atoms with van der Waals surface area (Å²) in [4.78, 5) is 0. The van der Waals surface area contributed by atoms with Crippen molar-refractivity contribution in [2.45, 2.75) is 26.8 Å². The van der Waals surface area contributed by atoms with Gasteiger partial charge in [-0.1, -0.05) is 20.8 Å². The molecule has 0 aliphatic carbocycles. The monoisotopic (exact) mass is 329 g/mol. The highest BCUT2D eigenvalue weighted by molar-refractivity contribution is 9.10. The predicted octanol–water partition coefficient (Wildman–Crippen LogP) is 4.02. The fourth-order valence-corrected chi connectivity index (χ4v) is 2.93. The van der Waals surface area contributed by atoms with E-state index in [0.717, 1.165) is 21.5 Å². The topological polar surface area (TPSA) is 30.5 Å². The van der Waals surface area contributed by atoms with Crippen LogP contribution in [0, 0.1) is 11.8 Å². The number of ether oxygens (including phenoxy) is 2. The van der Waals surface area contributed by atoms with Gasteiger partial charge in [-0.25, -0.2) is 0 Å². The van der Waals surface area contributed by atoms with Crippen molar-refractivity contribution in [3.8, 4) is 11.5 Å². The van der Waals surface area contributed by atoms with Gasteiger partial charge < -0.3 is 14.8 Å². The maximum absolute atomic E-state index is 5.56. The molecule has 1 N–H and O–H groups in total. The largest absolute Gasteiger partial charge is 0.495 e. The van der Waals surface area contributed by atoms with Crippen LogP contribution in [0.1, 0.15) is 32.4 Å². The van der Waals surface area contributed by atoms with Crippen LogP contribution in [0.15, 0.2) is 16.6 Å². The lowest BCUT2D eigenvalue weighted by Gasteiger charge is -2.29. The SMILES string of the molecule is CNC(c1ccc(OC)c(Br)c1OC)C(C)C(C)C. The van der Waals surface area contributed by atoms with Crippen LogP contribution < -0.4 is 14.8 Å². The zero-order valence-electron chi connectivity index (χ0n) is 12.6. The van der Waals surface area contributed by atoms with Gasteiger partial charge in [0, 0.05) is 11.6 Å². The first-order valence-electron chi connectivity index (χ1n) is 6.55. The first-order valence-corrected chi connectivity index (χ1v) is 7.34. The molecule has 0 heterocycles. The van der Waals surface area contributed by atoms with E-state index < -0.39 is 0 Å². The average molecular weight is 330 g/mol. The van der Waals surface area contributed by atoms with E-state index in [9.17, 15) is 0 Å². The Hall–Kier alpha value is -0.740. The Balaban J connectivity index is 3.28. The number of hydrogen-bond donors (Lipinski definition) is 1. The third-order valence-electron chi connectivity index (χ3n) is 3.74. The first-order chi connectivity index (χ1) is 8.97. The van der Waals surface area contributed by atoms with Crippen LogP contribution in [-0.2, 0) is 0 Å². The van der Waals surface area contributed by atoms with E-state index in [-0.39, 0.29) is 6.04 Å². The number of benzene rings is 1. The minimum Gasteiger partial charge on any atom is -0.495 e. The summed E-state index contributed by atoms with van der Waals surface area (Å²) < 4.78 is 11.7. The molecule has 0 amide bonds. The van der Waals surface area contributed by atoms with Gasteiger partial charge in [0.25, 0.3) is 0 Å². The van der Waals surface area contributed by atoms with Gasteiger partial charge in [0.05, 0.1) is 14.2 Å². The Kier molecular flexibility index (Phi) is 6.14. The van der Waals surface area contributed by atoms with Crippen molar-refractivity contribution in [2.24, 2.45) is 11.8 Å². The fraction of sp³-hybridized carbons (Fsp3) is 0.600. The van der Waals surface area contributed by atoms with Crippen molar-refractivity contribution in [3.63, 3.8) is 0 Å². The number of hydrogen-bond acceptors (Lipinski definition) is 3. The zero-order chi connectivity index (χ0) is 14.6. The van der Waals surface area contributed by atoms with E-state index in [2.05, 4.69) is 48.1 Å². The Labute approximate surface area is 124 Å². The highest BCUT2D eigenvalue weighted by Gasteiger charge is 2.25. The van der Waals surface area contributed by atoms with Crippen LogP contribution >= 0.6 is 15.9 Å². The summed E-state index contributed by atoms with van der Waals surface area (Å²) in [5.74, 6) is 2.71. The molecule has 0 aromatic heterocycles. The van der Waals surface area contributed by atoms with Crippen LogP contribution in [0.25, 0.3) is 0 Å². The second-order valence-corrected chi connectivity index (χ2v) is 5.87. The highest BCUT2D eigenvalue weighted by Crippen LogP contribution is 2.42. The maximum atomic E-state index is 5.56. The summed E-state index contributed by atoms with van der Waals surface area (Å²) in [6.45, 7) is 6.73. The maximum Gasteiger partial charge on any atom is 0.141 e. The van der Waals surface area contributed by atoms with E-state index in [1.54, 1.807) is 14.2 Å². The molecular formula is C15H24BrNO2. The quantitative estimate of drug-likeness (QED) is 0.855. The molecule has 108 valence electrons. The van der Waals surface area contributed by atoms with Gasteiger partial charge >= 0.3 is 0 Å². The van der Waals surface area contributed by atoms with Gasteiger partial charge in [-0.05, 0) is 46.9 Å². The van der Waals surface area contributed by atoms with Gasteiger partial charge in [-0.2, -0.15) is 0 Å². The third kappa shape index (κ3) is 3.42. The Morgan fingerprint density at radius 1 is 1.11 bits per heavy atom. The molecule has 0 bridgehead atoms. The van der Waals surface area contributed by atoms with E-state index in [1.807, 2.05) is 13.1 Å². The standard InChI is InChI=1S/C15H24BrNO2/c1-9(2)10(3)14(17-4)11-7-8-12(18-5)13(16)15(11)19-6/h7-10,14,17H,1-6H3. The van der Waals surface area contributed by atoms with Crippen molar-refractivity contribution < 1.29 is 9.47 Å². The Bertz CT molecular complexity index is 421. The van der Waals surface area contributed by atoms with Crippen molar-refractivity contribution >= 4 is 15.9 Å². The normalized spacial score (nSPS) is 14.3. The van der Waals surface area contributed by atoms with E-state index in [4.69, 9.17) is 9.47 Å². The summed E-state index contributed by atoms with van der Waals surface area (Å²) in [7, 11) is 5.34. The Morgan fingerprint density at radius 2 is 1.74 bits per heavy atom. The lowest BCUT2D eigenvalue weighted by atomic mass is 9.85. The lowest BCUT2D eigenvalue weighted by molar-refractivity contribution is 0.304. The molecule has 0 aliphatic heterocycles. The molecule has 0 saturated heterocycles. The molecule has 1 aromatic carbocycles. The molecule has 19 heavy (non-hydrogen) atoms. The smallest absolute Gasteiger partial charge is 0.141 e. The summed E-state index contributed by atoms with van der Waals surface area (Å²) in [5.41, 5.74) is 1.15. The summed E-state index contributed by atoms with van der Waals surface area (Å²) in [5, 5.41) is 3.40. The molecule has 0 aliphatic rings. The van der Waals surface area contributed by atoms with Crippen molar-refractivity contribution in [2.75, 3.05) is 21.3 Å².